The zero-order chi connectivity index (χ0) is 17.4. The van der Waals surface area contributed by atoms with Crippen LogP contribution >= 0.6 is 11.8 Å². The molecule has 2 aromatic rings. The third kappa shape index (κ3) is 4.89. The number of aromatic amines is 1. The molecule has 0 aliphatic rings. The first kappa shape index (κ1) is 18.1. The number of thioether (sulfide) groups is 1. The molecule has 2 rings (SSSR count). The van der Waals surface area contributed by atoms with Gasteiger partial charge in [0.15, 0.2) is 16.7 Å². The lowest BCUT2D eigenvalue weighted by atomic mass is 10.2. The summed E-state index contributed by atoms with van der Waals surface area (Å²) in [6.45, 7) is 5.62. The van der Waals surface area contributed by atoms with Crippen LogP contribution in [0.1, 0.15) is 19.4 Å². The highest BCUT2D eigenvalue weighted by molar-refractivity contribution is 7.99. The van der Waals surface area contributed by atoms with Crippen molar-refractivity contribution in [2.24, 2.45) is 0 Å². The molecule has 1 aromatic carbocycles. The van der Waals surface area contributed by atoms with Crippen LogP contribution < -0.4 is 9.47 Å². The number of hydrogen-bond donors (Lipinski definition) is 1. The Kier molecular flexibility index (Phi) is 6.92. The van der Waals surface area contributed by atoms with Crippen molar-refractivity contribution in [2.75, 3.05) is 26.0 Å². The Morgan fingerprint density at radius 1 is 1.33 bits per heavy atom. The molecule has 0 fully saturated rings. The zero-order valence-electron chi connectivity index (χ0n) is 14.1. The highest BCUT2D eigenvalue weighted by Crippen LogP contribution is 2.28. The number of rotatable bonds is 9. The molecule has 0 aliphatic heterocycles. The fourth-order valence-corrected chi connectivity index (χ4v) is 2.85. The summed E-state index contributed by atoms with van der Waals surface area (Å²) in [6, 6.07) is 5.73. The van der Waals surface area contributed by atoms with Crippen molar-refractivity contribution < 1.29 is 14.3 Å². The first-order chi connectivity index (χ1) is 11.7. The van der Waals surface area contributed by atoms with Gasteiger partial charge in [-0.15, -0.1) is 0 Å². The highest BCUT2D eigenvalue weighted by atomic mass is 32.2. The predicted octanol–water partition coefficient (Wildman–Crippen LogP) is 2.35. The molecule has 8 heteroatoms. The molecule has 0 aliphatic carbocycles. The number of nitrogens with zero attached hydrogens (tertiary/aromatic N) is 3. The van der Waals surface area contributed by atoms with E-state index in [-0.39, 0.29) is 5.91 Å². The fraction of sp³-hybridized carbons (Fsp3) is 0.438. The number of methoxy groups -OCH3 is 1. The zero-order valence-corrected chi connectivity index (χ0v) is 14.9. The van der Waals surface area contributed by atoms with Crippen molar-refractivity contribution in [1.82, 2.24) is 20.1 Å². The number of hydrogen-bond acceptors (Lipinski definition) is 6. The summed E-state index contributed by atoms with van der Waals surface area (Å²) in [5.74, 6) is 1.75. The number of carbonyl (C=O) groups excluding carboxylic acids is 1. The van der Waals surface area contributed by atoms with Crippen LogP contribution in [-0.4, -0.2) is 52.0 Å². The van der Waals surface area contributed by atoms with Crippen LogP contribution in [0.5, 0.6) is 11.5 Å². The Bertz CT molecular complexity index is 649. The molecule has 0 spiro atoms. The van der Waals surface area contributed by atoms with E-state index in [2.05, 4.69) is 15.2 Å². The number of benzene rings is 1. The van der Waals surface area contributed by atoms with Gasteiger partial charge in [0.1, 0.15) is 6.33 Å². The van der Waals surface area contributed by atoms with Crippen molar-refractivity contribution >= 4 is 17.7 Å². The molecule has 0 atom stereocenters. The molecule has 1 aromatic heterocycles. The topological polar surface area (TPSA) is 80.3 Å². The maximum Gasteiger partial charge on any atom is 0.233 e. The van der Waals surface area contributed by atoms with Crippen LogP contribution in [0.15, 0.2) is 29.7 Å². The number of ether oxygens (including phenoxy) is 2. The van der Waals surface area contributed by atoms with Crippen LogP contribution in [0.4, 0.5) is 0 Å². The van der Waals surface area contributed by atoms with Gasteiger partial charge < -0.3 is 14.4 Å². The van der Waals surface area contributed by atoms with Gasteiger partial charge in [-0.1, -0.05) is 17.8 Å². The molecular weight excluding hydrogens is 328 g/mol. The third-order valence-corrected chi connectivity index (χ3v) is 4.22. The minimum atomic E-state index is 0.0479. The standard InChI is InChI=1S/C16H22N4O3S/c1-4-20(15(21)10-24-16-17-11-18-19-16)9-12-6-7-13(23-5-2)14(8-12)22-3/h6-8,11H,4-5,9-10H2,1-3H3,(H,17,18,19). The number of amides is 1. The molecule has 0 bridgehead atoms. The lowest BCUT2D eigenvalue weighted by Crippen LogP contribution is -2.31. The quantitative estimate of drug-likeness (QED) is 0.699. The van der Waals surface area contributed by atoms with Crippen molar-refractivity contribution in [3.05, 3.63) is 30.1 Å². The lowest BCUT2D eigenvalue weighted by Gasteiger charge is -2.21. The van der Waals surface area contributed by atoms with E-state index in [4.69, 9.17) is 9.47 Å². The Labute approximate surface area is 145 Å². The van der Waals surface area contributed by atoms with E-state index in [1.54, 1.807) is 12.0 Å². The van der Waals surface area contributed by atoms with Crippen molar-refractivity contribution in [2.45, 2.75) is 25.5 Å². The maximum absolute atomic E-state index is 12.4. The molecule has 1 amide bonds. The summed E-state index contributed by atoms with van der Waals surface area (Å²) in [7, 11) is 1.61. The summed E-state index contributed by atoms with van der Waals surface area (Å²) in [5, 5.41) is 7.14. The Morgan fingerprint density at radius 2 is 2.17 bits per heavy atom. The van der Waals surface area contributed by atoms with E-state index in [1.807, 2.05) is 32.0 Å². The van der Waals surface area contributed by atoms with Gasteiger partial charge in [-0.3, -0.25) is 9.89 Å². The van der Waals surface area contributed by atoms with Gasteiger partial charge in [0.05, 0.1) is 19.5 Å². The second kappa shape index (κ2) is 9.17. The monoisotopic (exact) mass is 350 g/mol. The largest absolute Gasteiger partial charge is 0.493 e. The van der Waals surface area contributed by atoms with Crippen molar-refractivity contribution in [1.29, 1.82) is 0 Å². The highest BCUT2D eigenvalue weighted by Gasteiger charge is 2.15. The number of carbonyl (C=O) groups is 1. The molecule has 1 N–H and O–H groups in total. The summed E-state index contributed by atoms with van der Waals surface area (Å²) >= 11 is 1.34. The molecule has 0 saturated heterocycles. The van der Waals surface area contributed by atoms with Crippen LogP contribution in [0.25, 0.3) is 0 Å². The Balaban J connectivity index is 1.99. The van der Waals surface area contributed by atoms with E-state index in [0.29, 0.717) is 42.1 Å². The van der Waals surface area contributed by atoms with Gasteiger partial charge in [-0.2, -0.15) is 5.10 Å². The van der Waals surface area contributed by atoms with Crippen LogP contribution in [0, 0.1) is 0 Å². The van der Waals surface area contributed by atoms with Gasteiger partial charge in [0, 0.05) is 13.1 Å². The summed E-state index contributed by atoms with van der Waals surface area (Å²) in [5.41, 5.74) is 0.996. The van der Waals surface area contributed by atoms with Gasteiger partial charge in [0.25, 0.3) is 0 Å². The first-order valence-electron chi connectivity index (χ1n) is 7.73. The van der Waals surface area contributed by atoms with E-state index >= 15 is 0 Å². The molecule has 0 saturated carbocycles. The number of H-pyrrole nitrogens is 1. The van der Waals surface area contributed by atoms with Crippen molar-refractivity contribution in [3.8, 4) is 11.5 Å². The molecular formula is C16H22N4O3S. The maximum atomic E-state index is 12.4. The average molecular weight is 350 g/mol. The number of nitrogens with one attached hydrogen (secondary N) is 1. The van der Waals surface area contributed by atoms with Gasteiger partial charge in [-0.05, 0) is 31.5 Å². The molecule has 1 heterocycles. The summed E-state index contributed by atoms with van der Waals surface area (Å²) in [4.78, 5) is 18.2. The number of aromatic nitrogens is 3. The van der Waals surface area contributed by atoms with Gasteiger partial charge >= 0.3 is 0 Å². The van der Waals surface area contributed by atoms with Gasteiger partial charge in [-0.25, -0.2) is 4.98 Å². The van der Waals surface area contributed by atoms with E-state index in [0.717, 1.165) is 5.56 Å². The van der Waals surface area contributed by atoms with Crippen LogP contribution in [0.3, 0.4) is 0 Å². The molecule has 24 heavy (non-hydrogen) atoms. The SMILES string of the molecule is CCOc1ccc(CN(CC)C(=O)CSc2ncn[nH]2)cc1OC. The lowest BCUT2D eigenvalue weighted by molar-refractivity contribution is -0.128. The molecule has 0 unspecified atom stereocenters. The van der Waals surface area contributed by atoms with Crippen LogP contribution in [-0.2, 0) is 11.3 Å². The molecule has 130 valence electrons. The summed E-state index contributed by atoms with van der Waals surface area (Å²) in [6.07, 6.45) is 1.43. The minimum absolute atomic E-state index is 0.0479. The predicted molar refractivity (Wildman–Crippen MR) is 92.4 cm³/mol. The summed E-state index contributed by atoms with van der Waals surface area (Å²) < 4.78 is 10.9. The van der Waals surface area contributed by atoms with E-state index < -0.39 is 0 Å². The molecule has 0 radical (unpaired) electrons. The fourth-order valence-electron chi connectivity index (χ4n) is 2.17. The van der Waals surface area contributed by atoms with E-state index in [9.17, 15) is 4.79 Å². The average Bonchev–Trinajstić information content (AvgIpc) is 3.12. The Hall–Kier alpha value is -2.22. The smallest absolute Gasteiger partial charge is 0.233 e. The first-order valence-corrected chi connectivity index (χ1v) is 8.72. The second-order valence-corrected chi connectivity index (χ2v) is 5.87. The van der Waals surface area contributed by atoms with Gasteiger partial charge in [0.2, 0.25) is 5.91 Å². The van der Waals surface area contributed by atoms with E-state index in [1.165, 1.54) is 18.1 Å². The second-order valence-electron chi connectivity index (χ2n) is 4.91. The Morgan fingerprint density at radius 3 is 2.79 bits per heavy atom. The normalized spacial score (nSPS) is 10.5. The minimum Gasteiger partial charge on any atom is -0.493 e. The molecule has 7 nitrogen and oxygen atoms in total. The third-order valence-electron chi connectivity index (χ3n) is 3.36. The van der Waals surface area contributed by atoms with Crippen LogP contribution in [0.2, 0.25) is 0 Å². The van der Waals surface area contributed by atoms with Crippen molar-refractivity contribution in [3.63, 3.8) is 0 Å².